The third kappa shape index (κ3) is 5.23. The zero-order valence-electron chi connectivity index (χ0n) is 19.1. The molecule has 0 atom stereocenters. The molecular weight excluding hydrogens is 488 g/mol. The quantitative estimate of drug-likeness (QED) is 0.445. The van der Waals surface area contributed by atoms with Gasteiger partial charge in [-0.1, -0.05) is 22.9 Å². The molecule has 1 aromatic heterocycles. The number of aromatic nitrogens is 1. The lowest BCUT2D eigenvalue weighted by atomic mass is 10.1. The summed E-state index contributed by atoms with van der Waals surface area (Å²) in [6, 6.07) is 12.1. The Labute approximate surface area is 212 Å². The van der Waals surface area contributed by atoms with Crippen molar-refractivity contribution in [2.45, 2.75) is 19.3 Å². The fraction of sp³-hybridized carbons (Fsp3) is 0.360. The van der Waals surface area contributed by atoms with E-state index in [1.54, 1.807) is 35.2 Å². The van der Waals surface area contributed by atoms with Gasteiger partial charge in [0.1, 0.15) is 0 Å². The smallest absolute Gasteiger partial charge is 0.260 e. The predicted molar refractivity (Wildman–Crippen MR) is 136 cm³/mol. The Morgan fingerprint density at radius 3 is 2.49 bits per heavy atom. The number of fused-ring (bicyclic) bond motifs is 1. The van der Waals surface area contributed by atoms with E-state index in [4.69, 9.17) is 21.3 Å². The van der Waals surface area contributed by atoms with Crippen LogP contribution in [0.1, 0.15) is 29.6 Å². The van der Waals surface area contributed by atoms with Gasteiger partial charge >= 0.3 is 0 Å². The lowest BCUT2D eigenvalue weighted by molar-refractivity contribution is -0.121. The molecule has 0 spiro atoms. The van der Waals surface area contributed by atoms with Gasteiger partial charge in [-0.3, -0.25) is 29.1 Å². The van der Waals surface area contributed by atoms with Crippen LogP contribution in [-0.2, 0) is 14.3 Å². The molecule has 35 heavy (non-hydrogen) atoms. The van der Waals surface area contributed by atoms with Crippen LogP contribution in [0.5, 0.6) is 0 Å². The topological polar surface area (TPSA) is 83.1 Å². The number of hydrogen-bond acceptors (Lipinski definition) is 7. The number of hydrogen-bond donors (Lipinski definition) is 0. The van der Waals surface area contributed by atoms with Crippen LogP contribution >= 0.6 is 22.9 Å². The molecule has 0 radical (unpaired) electrons. The second-order valence-corrected chi connectivity index (χ2v) is 9.99. The molecule has 3 heterocycles. The maximum absolute atomic E-state index is 13.6. The first-order valence-corrected chi connectivity index (χ1v) is 12.8. The molecule has 0 N–H and O–H groups in total. The van der Waals surface area contributed by atoms with Crippen molar-refractivity contribution in [3.63, 3.8) is 0 Å². The average molecular weight is 513 g/mol. The number of amides is 3. The molecule has 8 nitrogen and oxygen atoms in total. The van der Waals surface area contributed by atoms with Crippen LogP contribution in [0.4, 0.5) is 10.8 Å². The van der Waals surface area contributed by atoms with Gasteiger partial charge in [-0.2, -0.15) is 0 Å². The van der Waals surface area contributed by atoms with Crippen molar-refractivity contribution in [3.05, 3.63) is 53.1 Å². The molecule has 3 aromatic rings. The van der Waals surface area contributed by atoms with Crippen molar-refractivity contribution in [3.8, 4) is 0 Å². The largest absolute Gasteiger partial charge is 0.379 e. The highest BCUT2D eigenvalue weighted by Gasteiger charge is 2.30. The van der Waals surface area contributed by atoms with Gasteiger partial charge in [-0.05, 0) is 48.9 Å². The summed E-state index contributed by atoms with van der Waals surface area (Å²) in [6.45, 7) is 4.62. The third-order valence-corrected chi connectivity index (χ3v) is 7.48. The average Bonchev–Trinajstić information content (AvgIpc) is 3.44. The molecule has 0 bridgehead atoms. The van der Waals surface area contributed by atoms with Crippen LogP contribution in [0.2, 0.25) is 5.02 Å². The molecule has 182 valence electrons. The maximum atomic E-state index is 13.6. The van der Waals surface area contributed by atoms with Crippen molar-refractivity contribution in [2.24, 2.45) is 0 Å². The van der Waals surface area contributed by atoms with Crippen molar-refractivity contribution >= 4 is 61.7 Å². The molecule has 5 rings (SSSR count). The number of anilines is 2. The summed E-state index contributed by atoms with van der Waals surface area (Å²) >= 11 is 7.59. The molecule has 0 saturated carbocycles. The Morgan fingerprint density at radius 1 is 1.06 bits per heavy atom. The van der Waals surface area contributed by atoms with Crippen LogP contribution < -0.4 is 9.80 Å². The van der Waals surface area contributed by atoms with Crippen LogP contribution in [-0.4, -0.2) is 67.0 Å². The highest BCUT2D eigenvalue weighted by atomic mass is 35.5. The second-order valence-electron chi connectivity index (χ2n) is 8.54. The normalized spacial score (nSPS) is 16.9. The van der Waals surface area contributed by atoms with Crippen LogP contribution in [0.3, 0.4) is 0 Å². The van der Waals surface area contributed by atoms with E-state index in [1.807, 2.05) is 12.1 Å². The number of carbonyl (C=O) groups excluding carboxylic acids is 3. The summed E-state index contributed by atoms with van der Waals surface area (Å²) in [6.07, 6.45) is 1.23. The molecule has 2 aromatic carbocycles. The van der Waals surface area contributed by atoms with E-state index in [0.29, 0.717) is 27.9 Å². The highest BCUT2D eigenvalue weighted by molar-refractivity contribution is 7.22. The summed E-state index contributed by atoms with van der Waals surface area (Å²) in [7, 11) is 0. The van der Waals surface area contributed by atoms with Crippen molar-refractivity contribution in [1.82, 2.24) is 9.88 Å². The Hall–Kier alpha value is -2.85. The van der Waals surface area contributed by atoms with E-state index >= 15 is 0 Å². The summed E-state index contributed by atoms with van der Waals surface area (Å²) in [5, 5.41) is 1.24. The number of imide groups is 1. The SMILES string of the molecule is O=C(c1ccc(N2C(=O)CCC2=O)cc1)N(CCCN1CCOCC1)c1nc2ccc(Cl)cc2s1. The van der Waals surface area contributed by atoms with Crippen molar-refractivity contribution in [2.75, 3.05) is 49.2 Å². The minimum absolute atomic E-state index is 0.178. The van der Waals surface area contributed by atoms with E-state index in [-0.39, 0.29) is 30.6 Å². The minimum atomic E-state index is -0.216. The fourth-order valence-electron chi connectivity index (χ4n) is 4.34. The molecule has 2 saturated heterocycles. The van der Waals surface area contributed by atoms with Gasteiger partial charge in [0.05, 0.1) is 29.1 Å². The summed E-state index contributed by atoms with van der Waals surface area (Å²) in [4.78, 5) is 47.7. The standard InChI is InChI=1S/C25H25ClN4O4S/c26-18-4-7-20-21(16-18)35-25(27-20)29(11-1-10-28-12-14-34-15-13-28)24(33)17-2-5-19(6-3-17)30-22(31)8-9-23(30)32/h2-7,16H,1,8-15H2. The zero-order valence-corrected chi connectivity index (χ0v) is 20.7. The van der Waals surface area contributed by atoms with Gasteiger partial charge in [0, 0.05) is 49.6 Å². The molecule has 2 aliphatic rings. The third-order valence-electron chi connectivity index (χ3n) is 6.20. The molecule has 10 heteroatoms. The number of halogens is 1. The molecule has 0 unspecified atom stereocenters. The van der Waals surface area contributed by atoms with Gasteiger partial charge < -0.3 is 4.74 Å². The predicted octanol–water partition coefficient (Wildman–Crippen LogP) is 3.97. The summed E-state index contributed by atoms with van der Waals surface area (Å²) in [5.74, 6) is -0.610. The number of carbonyl (C=O) groups is 3. The summed E-state index contributed by atoms with van der Waals surface area (Å²) in [5.41, 5.74) is 1.75. The van der Waals surface area contributed by atoms with Crippen molar-refractivity contribution < 1.29 is 19.1 Å². The first-order chi connectivity index (χ1) is 17.0. The number of morpholine rings is 1. The lowest BCUT2D eigenvalue weighted by Gasteiger charge is -2.27. The number of rotatable bonds is 7. The Bertz CT molecular complexity index is 1240. The lowest BCUT2D eigenvalue weighted by Crippen LogP contribution is -2.39. The number of nitrogens with zero attached hydrogens (tertiary/aromatic N) is 4. The molecule has 3 amide bonds. The minimum Gasteiger partial charge on any atom is -0.379 e. The summed E-state index contributed by atoms with van der Waals surface area (Å²) < 4.78 is 6.34. The first-order valence-electron chi connectivity index (χ1n) is 11.6. The van der Waals surface area contributed by atoms with E-state index in [9.17, 15) is 14.4 Å². The van der Waals surface area contributed by atoms with Crippen LogP contribution in [0.15, 0.2) is 42.5 Å². The van der Waals surface area contributed by atoms with Gasteiger partial charge in [0.15, 0.2) is 5.13 Å². The van der Waals surface area contributed by atoms with Gasteiger partial charge in [-0.15, -0.1) is 0 Å². The van der Waals surface area contributed by atoms with Gasteiger partial charge in [-0.25, -0.2) is 4.98 Å². The van der Waals surface area contributed by atoms with Crippen molar-refractivity contribution in [1.29, 1.82) is 0 Å². The zero-order chi connectivity index (χ0) is 24.4. The molecular formula is C25H25ClN4O4S. The Kier molecular flexibility index (Phi) is 7.10. The van der Waals surface area contributed by atoms with E-state index in [2.05, 4.69) is 4.90 Å². The maximum Gasteiger partial charge on any atom is 0.260 e. The van der Waals surface area contributed by atoms with Gasteiger partial charge in [0.25, 0.3) is 5.91 Å². The van der Waals surface area contributed by atoms with Crippen LogP contribution in [0.25, 0.3) is 10.2 Å². The molecule has 0 aliphatic carbocycles. The Morgan fingerprint density at radius 2 is 1.77 bits per heavy atom. The second kappa shape index (κ2) is 10.4. The molecule has 2 aliphatic heterocycles. The molecule has 2 fully saturated rings. The number of thiazole rings is 1. The number of benzene rings is 2. The first kappa shape index (κ1) is 23.9. The van der Waals surface area contributed by atoms with Crippen LogP contribution in [0, 0.1) is 0 Å². The fourth-order valence-corrected chi connectivity index (χ4v) is 5.60. The Balaban J connectivity index is 1.38. The van der Waals surface area contributed by atoms with Gasteiger partial charge in [0.2, 0.25) is 11.8 Å². The number of ether oxygens (including phenoxy) is 1. The highest BCUT2D eigenvalue weighted by Crippen LogP contribution is 2.32. The van der Waals surface area contributed by atoms with E-state index in [0.717, 1.165) is 49.5 Å². The monoisotopic (exact) mass is 512 g/mol. The van der Waals surface area contributed by atoms with E-state index in [1.165, 1.54) is 16.2 Å². The van der Waals surface area contributed by atoms with E-state index < -0.39 is 0 Å².